The number of benzene rings is 1. The monoisotopic (exact) mass is 291 g/mol. The van der Waals surface area contributed by atoms with E-state index in [1.165, 1.54) is 0 Å². The minimum Gasteiger partial charge on any atom is -0.398 e. The van der Waals surface area contributed by atoms with Crippen LogP contribution in [0.25, 0.3) is 0 Å². The molecule has 0 aromatic heterocycles. The summed E-state index contributed by atoms with van der Waals surface area (Å²) in [5, 5.41) is 2.78. The van der Waals surface area contributed by atoms with E-state index in [2.05, 4.69) is 10.0 Å². The van der Waals surface area contributed by atoms with Gasteiger partial charge in [0.25, 0.3) is 5.91 Å². The molecule has 18 heavy (non-hydrogen) atoms. The van der Waals surface area contributed by atoms with E-state index in [-0.39, 0.29) is 29.4 Å². The molecule has 1 aromatic rings. The average molecular weight is 292 g/mol. The van der Waals surface area contributed by atoms with Crippen molar-refractivity contribution in [1.82, 2.24) is 10.0 Å². The summed E-state index contributed by atoms with van der Waals surface area (Å²) in [6.45, 7) is 0.255. The Hall–Kier alpha value is -1.31. The van der Waals surface area contributed by atoms with E-state index in [0.717, 1.165) is 6.26 Å². The molecule has 1 amide bonds. The number of nitrogens with one attached hydrogen (secondary N) is 2. The van der Waals surface area contributed by atoms with Crippen LogP contribution in [0, 0.1) is 0 Å². The summed E-state index contributed by atoms with van der Waals surface area (Å²) in [5.41, 5.74) is 6.11. The van der Waals surface area contributed by atoms with Crippen LogP contribution in [0.4, 0.5) is 5.69 Å². The van der Waals surface area contributed by atoms with Crippen molar-refractivity contribution in [3.8, 4) is 0 Å². The van der Waals surface area contributed by atoms with Crippen LogP contribution in [-0.4, -0.2) is 33.7 Å². The van der Waals surface area contributed by atoms with Gasteiger partial charge >= 0.3 is 0 Å². The topological polar surface area (TPSA) is 101 Å². The molecule has 0 spiro atoms. The number of nitrogens with two attached hydrogens (primary N) is 1. The van der Waals surface area contributed by atoms with Crippen LogP contribution in [0.1, 0.15) is 10.4 Å². The minimum absolute atomic E-state index is 0.106. The number of rotatable bonds is 5. The Morgan fingerprint density at radius 3 is 2.61 bits per heavy atom. The molecule has 0 bridgehead atoms. The van der Waals surface area contributed by atoms with Crippen molar-refractivity contribution in [2.24, 2.45) is 0 Å². The molecule has 1 rings (SSSR count). The molecule has 0 aliphatic carbocycles. The van der Waals surface area contributed by atoms with Gasteiger partial charge in [-0.25, -0.2) is 13.1 Å². The number of amides is 1. The second-order valence-electron chi connectivity index (χ2n) is 3.63. The van der Waals surface area contributed by atoms with Crippen LogP contribution in [0.3, 0.4) is 0 Å². The number of carbonyl (C=O) groups excluding carboxylic acids is 1. The van der Waals surface area contributed by atoms with E-state index >= 15 is 0 Å². The molecule has 0 unspecified atom stereocenters. The van der Waals surface area contributed by atoms with Gasteiger partial charge in [0.15, 0.2) is 0 Å². The maximum absolute atomic E-state index is 11.8. The lowest BCUT2D eigenvalue weighted by Crippen LogP contribution is -2.34. The highest BCUT2D eigenvalue weighted by molar-refractivity contribution is 7.88. The molecule has 0 saturated carbocycles. The zero-order valence-electron chi connectivity index (χ0n) is 9.73. The molecule has 1 aromatic carbocycles. The van der Waals surface area contributed by atoms with E-state index in [9.17, 15) is 13.2 Å². The molecule has 0 heterocycles. The third kappa shape index (κ3) is 4.52. The molecule has 100 valence electrons. The summed E-state index contributed by atoms with van der Waals surface area (Å²) in [7, 11) is -3.26. The van der Waals surface area contributed by atoms with Crippen molar-refractivity contribution in [1.29, 1.82) is 0 Å². The van der Waals surface area contributed by atoms with E-state index in [0.29, 0.717) is 0 Å². The maximum Gasteiger partial charge on any atom is 0.254 e. The average Bonchev–Trinajstić information content (AvgIpc) is 2.23. The summed E-state index contributed by atoms with van der Waals surface area (Å²) in [5.74, 6) is -0.437. The van der Waals surface area contributed by atoms with Crippen molar-refractivity contribution in [3.63, 3.8) is 0 Å². The number of halogens is 1. The highest BCUT2D eigenvalue weighted by Gasteiger charge is 2.13. The molecule has 6 nitrogen and oxygen atoms in total. The van der Waals surface area contributed by atoms with Crippen molar-refractivity contribution in [2.75, 3.05) is 25.1 Å². The molecule has 0 fully saturated rings. The Labute approximate surface area is 111 Å². The molecule has 0 saturated heterocycles. The van der Waals surface area contributed by atoms with Crippen molar-refractivity contribution < 1.29 is 13.2 Å². The maximum atomic E-state index is 11.8. The van der Waals surface area contributed by atoms with E-state index in [4.69, 9.17) is 17.3 Å². The normalized spacial score (nSPS) is 11.2. The summed E-state index contributed by atoms with van der Waals surface area (Å²) < 4.78 is 23.8. The van der Waals surface area contributed by atoms with Crippen LogP contribution < -0.4 is 15.8 Å². The van der Waals surface area contributed by atoms with Crippen LogP contribution in [0.5, 0.6) is 0 Å². The summed E-state index contributed by atoms with van der Waals surface area (Å²) in [6.07, 6.45) is 1.04. The third-order valence-electron chi connectivity index (χ3n) is 2.05. The van der Waals surface area contributed by atoms with Crippen LogP contribution >= 0.6 is 11.6 Å². The molecular formula is C10H14ClN3O3S. The van der Waals surface area contributed by atoms with Crippen molar-refractivity contribution in [2.45, 2.75) is 0 Å². The van der Waals surface area contributed by atoms with Gasteiger partial charge in [0.1, 0.15) is 0 Å². The standard InChI is InChI=1S/C10H14ClN3O3S/c1-18(16,17)14-6-5-13-10(15)9-7(11)3-2-4-8(9)12/h2-4,14H,5-6,12H2,1H3,(H,13,15). The zero-order valence-corrected chi connectivity index (χ0v) is 11.3. The number of nitrogen functional groups attached to an aromatic ring is 1. The minimum atomic E-state index is -3.26. The number of hydrogen-bond donors (Lipinski definition) is 3. The lowest BCUT2D eigenvalue weighted by Gasteiger charge is -2.09. The zero-order chi connectivity index (χ0) is 13.8. The summed E-state index contributed by atoms with van der Waals surface area (Å²) >= 11 is 5.86. The van der Waals surface area contributed by atoms with Crippen LogP contribution in [0.2, 0.25) is 5.02 Å². The van der Waals surface area contributed by atoms with Gasteiger partial charge in [-0.1, -0.05) is 17.7 Å². The summed E-state index contributed by atoms with van der Waals surface area (Å²) in [4.78, 5) is 11.8. The van der Waals surface area contributed by atoms with Gasteiger partial charge in [-0.05, 0) is 12.1 Å². The van der Waals surface area contributed by atoms with Gasteiger partial charge in [0.2, 0.25) is 10.0 Å². The van der Waals surface area contributed by atoms with Gasteiger partial charge in [0.05, 0.1) is 16.8 Å². The Morgan fingerprint density at radius 1 is 1.39 bits per heavy atom. The molecule has 4 N–H and O–H groups in total. The first-order chi connectivity index (χ1) is 8.31. The second kappa shape index (κ2) is 6.03. The van der Waals surface area contributed by atoms with Gasteiger partial charge in [-0.3, -0.25) is 4.79 Å². The SMILES string of the molecule is CS(=O)(=O)NCCNC(=O)c1c(N)cccc1Cl. The number of hydrogen-bond acceptors (Lipinski definition) is 4. The van der Waals surface area contributed by atoms with E-state index in [1.54, 1.807) is 18.2 Å². The third-order valence-corrected chi connectivity index (χ3v) is 3.09. The van der Waals surface area contributed by atoms with Crippen molar-refractivity contribution >= 4 is 33.2 Å². The van der Waals surface area contributed by atoms with Gasteiger partial charge < -0.3 is 11.1 Å². The Balaban J connectivity index is 2.56. The Kier molecular flexibility index (Phi) is 4.94. The fraction of sp³-hybridized carbons (Fsp3) is 0.300. The predicted octanol–water partition coefficient (Wildman–Crippen LogP) is 0.201. The van der Waals surface area contributed by atoms with E-state index in [1.807, 2.05) is 0 Å². The van der Waals surface area contributed by atoms with E-state index < -0.39 is 15.9 Å². The molecule has 0 radical (unpaired) electrons. The highest BCUT2D eigenvalue weighted by Crippen LogP contribution is 2.21. The smallest absolute Gasteiger partial charge is 0.254 e. The lowest BCUT2D eigenvalue weighted by atomic mass is 10.1. The molecule has 0 atom stereocenters. The quantitative estimate of drug-likeness (QED) is 0.533. The van der Waals surface area contributed by atoms with Gasteiger partial charge in [0, 0.05) is 18.8 Å². The summed E-state index contributed by atoms with van der Waals surface area (Å²) in [6, 6.07) is 4.76. The molecule has 0 aliphatic rings. The molecule has 0 aliphatic heterocycles. The molecular weight excluding hydrogens is 278 g/mol. The Bertz CT molecular complexity index is 525. The first kappa shape index (κ1) is 14.7. The Morgan fingerprint density at radius 2 is 2.06 bits per heavy atom. The van der Waals surface area contributed by atoms with Gasteiger partial charge in [-0.2, -0.15) is 0 Å². The second-order valence-corrected chi connectivity index (χ2v) is 5.87. The first-order valence-corrected chi connectivity index (χ1v) is 7.35. The fourth-order valence-electron chi connectivity index (χ4n) is 1.28. The van der Waals surface area contributed by atoms with Crippen molar-refractivity contribution in [3.05, 3.63) is 28.8 Å². The fourth-order valence-corrected chi connectivity index (χ4v) is 2.02. The van der Waals surface area contributed by atoms with Gasteiger partial charge in [-0.15, -0.1) is 0 Å². The predicted molar refractivity (Wildman–Crippen MR) is 71.0 cm³/mol. The van der Waals surface area contributed by atoms with Crippen LogP contribution in [0.15, 0.2) is 18.2 Å². The number of anilines is 1. The lowest BCUT2D eigenvalue weighted by molar-refractivity contribution is 0.0955. The number of carbonyl (C=O) groups is 1. The van der Waals surface area contributed by atoms with Crippen LogP contribution in [-0.2, 0) is 10.0 Å². The largest absolute Gasteiger partial charge is 0.398 e. The first-order valence-electron chi connectivity index (χ1n) is 5.08. The highest BCUT2D eigenvalue weighted by atomic mass is 35.5. The number of sulfonamides is 1. The molecule has 8 heteroatoms.